The second-order valence-corrected chi connectivity index (χ2v) is 5.89. The van der Waals surface area contributed by atoms with Crippen LogP contribution in [0.4, 0.5) is 11.4 Å². The number of aliphatic hydroxyl groups excluding tert-OH is 1. The molecule has 0 fully saturated rings. The van der Waals surface area contributed by atoms with E-state index in [2.05, 4.69) is 10.3 Å². The van der Waals surface area contributed by atoms with Gasteiger partial charge in [-0.1, -0.05) is 60.7 Å². The number of Topliss-reactive ketones (excluding diaryl/α,β-unsaturated/α-hetero) is 1. The average Bonchev–Trinajstić information content (AvgIpc) is 2.94. The number of aliphatic imine (C=N–C) groups is 1. The number of benzene rings is 3. The zero-order chi connectivity index (χ0) is 17.9. The number of nitrogens with zero attached hydrogens (tertiary/aromatic N) is 1. The lowest BCUT2D eigenvalue weighted by Gasteiger charge is -2.11. The van der Waals surface area contributed by atoms with E-state index in [1.165, 1.54) is 0 Å². The first-order valence-electron chi connectivity index (χ1n) is 8.27. The number of hydrogen-bond acceptors (Lipinski definition) is 3. The van der Waals surface area contributed by atoms with Crippen LogP contribution in [0.25, 0.3) is 5.76 Å². The highest BCUT2D eigenvalue weighted by atomic mass is 16.3. The van der Waals surface area contributed by atoms with Crippen LogP contribution >= 0.6 is 0 Å². The Balaban J connectivity index is 1.83. The van der Waals surface area contributed by atoms with Crippen LogP contribution in [0.15, 0.2) is 95.5 Å². The number of ketones is 1. The molecule has 0 bridgehead atoms. The van der Waals surface area contributed by atoms with E-state index >= 15 is 0 Å². The number of carbonyl (C=O) groups is 1. The van der Waals surface area contributed by atoms with Gasteiger partial charge in [0.05, 0.1) is 5.69 Å². The van der Waals surface area contributed by atoms with Crippen molar-refractivity contribution >= 4 is 28.8 Å². The second kappa shape index (κ2) is 6.69. The smallest absolute Gasteiger partial charge is 0.201 e. The third kappa shape index (κ3) is 2.89. The van der Waals surface area contributed by atoms with Gasteiger partial charge < -0.3 is 10.4 Å². The summed E-state index contributed by atoms with van der Waals surface area (Å²) in [6, 6.07) is 25.8. The average molecular weight is 340 g/mol. The maximum absolute atomic E-state index is 12.9. The van der Waals surface area contributed by atoms with Gasteiger partial charge in [0.25, 0.3) is 0 Å². The minimum absolute atomic E-state index is 0.0521. The van der Waals surface area contributed by atoms with E-state index in [0.29, 0.717) is 22.6 Å². The molecule has 1 aliphatic carbocycles. The molecule has 0 aromatic heterocycles. The Labute approximate surface area is 151 Å². The molecule has 0 atom stereocenters. The first-order valence-corrected chi connectivity index (χ1v) is 8.27. The molecule has 1 aliphatic rings. The fourth-order valence-electron chi connectivity index (χ4n) is 2.92. The van der Waals surface area contributed by atoms with Gasteiger partial charge in [-0.25, -0.2) is 4.99 Å². The Bertz CT molecular complexity index is 1020. The summed E-state index contributed by atoms with van der Waals surface area (Å²) in [6.45, 7) is 0. The van der Waals surface area contributed by atoms with Crippen LogP contribution in [0.3, 0.4) is 0 Å². The highest BCUT2D eigenvalue weighted by Gasteiger charge is 2.32. The van der Waals surface area contributed by atoms with E-state index in [-0.39, 0.29) is 17.1 Å². The zero-order valence-electron chi connectivity index (χ0n) is 13.9. The van der Waals surface area contributed by atoms with Gasteiger partial charge in [0.2, 0.25) is 5.78 Å². The molecule has 0 heterocycles. The summed E-state index contributed by atoms with van der Waals surface area (Å²) in [6.07, 6.45) is 0. The number of hydrogen-bond donors (Lipinski definition) is 2. The highest BCUT2D eigenvalue weighted by Crippen LogP contribution is 2.32. The van der Waals surface area contributed by atoms with Crippen molar-refractivity contribution in [2.75, 3.05) is 5.32 Å². The Morgan fingerprint density at radius 1 is 0.769 bits per heavy atom. The van der Waals surface area contributed by atoms with Crippen LogP contribution < -0.4 is 5.32 Å². The maximum Gasteiger partial charge on any atom is 0.201 e. The van der Waals surface area contributed by atoms with Crippen molar-refractivity contribution in [3.8, 4) is 0 Å². The summed E-state index contributed by atoms with van der Waals surface area (Å²) >= 11 is 0. The molecule has 0 radical (unpaired) electrons. The lowest BCUT2D eigenvalue weighted by atomic mass is 10.1. The van der Waals surface area contributed by atoms with Gasteiger partial charge in [-0.15, -0.1) is 0 Å². The van der Waals surface area contributed by atoms with Crippen molar-refractivity contribution in [2.45, 2.75) is 0 Å². The Hall–Kier alpha value is -3.66. The predicted molar refractivity (Wildman–Crippen MR) is 104 cm³/mol. The highest BCUT2D eigenvalue weighted by molar-refractivity contribution is 6.37. The topological polar surface area (TPSA) is 61.7 Å². The van der Waals surface area contributed by atoms with Crippen LogP contribution in [-0.2, 0) is 0 Å². The normalized spacial score (nSPS) is 13.7. The van der Waals surface area contributed by atoms with Crippen molar-refractivity contribution in [3.05, 3.63) is 102 Å². The molecule has 3 aromatic rings. The molecule has 0 amide bonds. The molecule has 0 saturated carbocycles. The molecule has 0 aliphatic heterocycles. The lowest BCUT2D eigenvalue weighted by molar-refractivity contribution is 0.104. The Kier molecular flexibility index (Phi) is 4.07. The van der Waals surface area contributed by atoms with Gasteiger partial charge in [0.15, 0.2) is 0 Å². The van der Waals surface area contributed by atoms with Crippen molar-refractivity contribution in [1.29, 1.82) is 0 Å². The minimum atomic E-state index is -0.240. The van der Waals surface area contributed by atoms with Crippen molar-refractivity contribution in [3.63, 3.8) is 0 Å². The zero-order valence-corrected chi connectivity index (χ0v) is 13.9. The molecule has 0 spiro atoms. The van der Waals surface area contributed by atoms with Crippen molar-refractivity contribution in [2.24, 2.45) is 4.99 Å². The van der Waals surface area contributed by atoms with Gasteiger partial charge in [-0.2, -0.15) is 0 Å². The maximum atomic E-state index is 12.9. The van der Waals surface area contributed by atoms with Gasteiger partial charge in [0.1, 0.15) is 17.2 Å². The van der Waals surface area contributed by atoms with E-state index < -0.39 is 0 Å². The largest absolute Gasteiger partial charge is 0.506 e. The lowest BCUT2D eigenvalue weighted by Crippen LogP contribution is -2.19. The quantitative estimate of drug-likeness (QED) is 0.521. The van der Waals surface area contributed by atoms with Crippen LogP contribution in [0.1, 0.15) is 15.9 Å². The third-order valence-corrected chi connectivity index (χ3v) is 4.16. The van der Waals surface area contributed by atoms with Gasteiger partial charge >= 0.3 is 0 Å². The number of aliphatic hydroxyl groups is 1. The Morgan fingerprint density at radius 3 is 2.00 bits per heavy atom. The number of fused-ring (bicyclic) bond motifs is 1. The molecular formula is C22H16N2O2. The summed E-state index contributed by atoms with van der Waals surface area (Å²) in [7, 11) is 0. The van der Waals surface area contributed by atoms with Crippen LogP contribution in [0.2, 0.25) is 0 Å². The van der Waals surface area contributed by atoms with Crippen LogP contribution in [-0.4, -0.2) is 16.7 Å². The molecule has 0 unspecified atom stereocenters. The van der Waals surface area contributed by atoms with E-state index in [1.807, 2.05) is 60.7 Å². The molecule has 4 rings (SSSR count). The molecular weight excluding hydrogens is 324 g/mol. The number of anilines is 1. The molecule has 126 valence electrons. The molecule has 3 aromatic carbocycles. The van der Waals surface area contributed by atoms with Crippen LogP contribution in [0.5, 0.6) is 0 Å². The minimum Gasteiger partial charge on any atom is -0.506 e. The number of para-hydroxylation sites is 2. The van der Waals surface area contributed by atoms with E-state index in [0.717, 1.165) is 5.69 Å². The monoisotopic (exact) mass is 340 g/mol. The van der Waals surface area contributed by atoms with Crippen LogP contribution in [0, 0.1) is 0 Å². The van der Waals surface area contributed by atoms with E-state index in [9.17, 15) is 9.90 Å². The van der Waals surface area contributed by atoms with Gasteiger partial charge in [-0.05, 0) is 24.3 Å². The fourth-order valence-corrected chi connectivity index (χ4v) is 2.92. The Morgan fingerprint density at radius 2 is 1.35 bits per heavy atom. The first kappa shape index (κ1) is 15.8. The number of amidine groups is 1. The molecule has 4 nitrogen and oxygen atoms in total. The summed E-state index contributed by atoms with van der Waals surface area (Å²) in [5, 5.41) is 13.9. The number of nitrogens with one attached hydrogen (secondary N) is 1. The third-order valence-electron chi connectivity index (χ3n) is 4.16. The van der Waals surface area contributed by atoms with Gasteiger partial charge in [-0.3, -0.25) is 4.79 Å². The summed E-state index contributed by atoms with van der Waals surface area (Å²) in [4.78, 5) is 17.5. The summed E-state index contributed by atoms with van der Waals surface area (Å²) in [5.74, 6) is 0.0287. The van der Waals surface area contributed by atoms with E-state index in [4.69, 9.17) is 0 Å². The van der Waals surface area contributed by atoms with E-state index in [1.54, 1.807) is 24.3 Å². The fraction of sp³-hybridized carbons (Fsp3) is 0. The van der Waals surface area contributed by atoms with Gasteiger partial charge in [0, 0.05) is 16.8 Å². The number of carbonyl (C=O) groups excluding carboxylic acids is 1. The van der Waals surface area contributed by atoms with Crippen molar-refractivity contribution in [1.82, 2.24) is 0 Å². The summed E-state index contributed by atoms with van der Waals surface area (Å²) < 4.78 is 0. The molecule has 2 N–H and O–H groups in total. The first-order chi connectivity index (χ1) is 12.7. The molecule has 26 heavy (non-hydrogen) atoms. The molecule has 4 heteroatoms. The predicted octanol–water partition coefficient (Wildman–Crippen LogP) is 4.99. The second-order valence-electron chi connectivity index (χ2n) is 5.89. The summed E-state index contributed by atoms with van der Waals surface area (Å²) in [5.41, 5.74) is 2.67. The van der Waals surface area contributed by atoms with Crippen molar-refractivity contribution < 1.29 is 9.90 Å². The molecule has 0 saturated heterocycles. The standard InChI is InChI=1S/C22H16N2O2/c25-20-17-13-7-8-14-18(17)21(26)19(20)22(23-15-9-3-1-4-10-15)24-16-11-5-2-6-12-16/h1-14,25H,(H,23,24). The number of rotatable bonds is 3. The SMILES string of the molecule is O=C1C(C(=Nc2ccccc2)Nc2ccccc2)=C(O)c2ccccc21.